The van der Waals surface area contributed by atoms with Crippen molar-refractivity contribution in [3.8, 4) is 0 Å². The Morgan fingerprint density at radius 2 is 0.833 bits per heavy atom. The first-order valence-electron chi connectivity index (χ1n) is 0.236. The summed E-state index contributed by atoms with van der Waals surface area (Å²) < 4.78 is 0. The third-order valence-electron chi connectivity index (χ3n) is 0. The molecule has 0 saturated carbocycles. The fourth-order valence-corrected chi connectivity index (χ4v) is 0. The van der Waals surface area contributed by atoms with E-state index in [0.29, 0.717) is 0 Å². The Balaban J connectivity index is -0.000000000833. The average molecular weight is 129 g/mol. The predicted molar refractivity (Wildman–Crippen MR) is 26.0 cm³/mol. The van der Waals surface area contributed by atoms with Gasteiger partial charge in [-0.15, -0.1) is 0 Å². The van der Waals surface area contributed by atoms with Gasteiger partial charge in [-0.3, -0.25) is 6.79 Å². The van der Waals surface area contributed by atoms with Gasteiger partial charge in [0.25, 0.3) is 0 Å². The summed E-state index contributed by atoms with van der Waals surface area (Å²) in [6, 6.07) is 0. The summed E-state index contributed by atoms with van der Waals surface area (Å²) in [5.74, 6) is 0. The summed E-state index contributed by atoms with van der Waals surface area (Å²) in [7, 11) is 0. The van der Waals surface area contributed by atoms with Crippen LogP contribution in [0.25, 0.3) is 0 Å². The molecule has 0 aromatic carbocycles. The van der Waals surface area contributed by atoms with Crippen molar-refractivity contribution >= 4 is 6.79 Å². The summed E-state index contributed by atoms with van der Waals surface area (Å²) in [5.41, 5.74) is 0. The van der Waals surface area contributed by atoms with Crippen LogP contribution in [0.1, 0.15) is 0 Å². The molecule has 0 rings (SSSR count). The average Bonchev–Trinajstić information content (AvgIpc) is 1.00. The van der Waals surface area contributed by atoms with Crippen LogP contribution in [0.4, 0.5) is 0 Å². The van der Waals surface area contributed by atoms with Crippen molar-refractivity contribution in [2.75, 3.05) is 0 Å². The molecule has 1 radical (unpaired) electrons. The predicted octanol–water partition coefficient (Wildman–Crippen LogP) is 1.07. The molecule has 0 aromatic heterocycles. The first-order chi connectivity index (χ1) is 1.00. The summed E-state index contributed by atoms with van der Waals surface area (Å²) in [6.45, 7) is 3.25. The molecular weight excluding hydrogens is 119 g/mol. The minimum absolute atomic E-state index is 0. The Labute approximate surface area is 51.6 Å². The molecule has 0 saturated heterocycles. The Kier molecular flexibility index (Phi) is 49800. The normalized spacial score (nSPS) is 0.667. The molecule has 0 bridgehead atoms. The maximum absolute atomic E-state index is 7.75. The van der Waals surface area contributed by atoms with Crippen molar-refractivity contribution in [3.63, 3.8) is 0 Å². The van der Waals surface area contributed by atoms with Crippen LogP contribution in [-0.2, 0) is 21.9 Å². The second kappa shape index (κ2) is 2540. The van der Waals surface area contributed by atoms with Crippen molar-refractivity contribution in [3.05, 3.63) is 22.3 Å². The molecule has 0 N–H and O–H groups in total. The molecule has 43 valence electrons. The van der Waals surface area contributed by atoms with E-state index in [1.54, 1.807) is 0 Å². The number of rotatable bonds is 0. The zero-order chi connectivity index (χ0) is 2.00. The molecule has 2 heteroatoms. The first-order valence-corrected chi connectivity index (χ1v) is 0.236. The Morgan fingerprint density at radius 1 is 0.833 bits per heavy atom. The van der Waals surface area contributed by atoms with Crippen molar-refractivity contribution < 1.29 is 21.9 Å². The van der Waals surface area contributed by atoms with Crippen LogP contribution in [0.3, 0.4) is 0 Å². The first kappa shape index (κ1) is 118. The van der Waals surface area contributed by atoms with Crippen LogP contribution >= 0.6 is 0 Å². The maximum atomic E-state index is 7.75. The molecule has 1 nitrogen and oxygen atoms in total. The molecule has 0 spiro atoms. The van der Waals surface area contributed by atoms with Crippen LogP contribution in [-0.4, -0.2) is 6.79 Å². The molecule has 0 heterocycles. The molecule has 0 aliphatic heterocycles. The molecule has 6 heavy (non-hydrogen) atoms. The second-order valence-corrected chi connectivity index (χ2v) is 0. The van der Waals surface area contributed by atoms with Gasteiger partial charge in [0, 0.05) is 17.1 Å². The molecule has 0 aliphatic carbocycles. The van der Waals surface area contributed by atoms with E-state index in [0.717, 1.165) is 0 Å². The summed E-state index contributed by atoms with van der Waals surface area (Å²) in [6.07, 6.45) is 0. The molecule has 0 aromatic rings. The number of hydrogen-bond donors (Lipinski definition) is 0. The van der Waals surface area contributed by atoms with E-state index >= 15 is 0 Å². The number of carbonyl (C=O) groups excluding carboxylic acids is 1. The van der Waals surface area contributed by atoms with Crippen molar-refractivity contribution in [1.82, 2.24) is 0 Å². The summed E-state index contributed by atoms with van der Waals surface area (Å²) >= 11 is 0. The van der Waals surface area contributed by atoms with Gasteiger partial charge >= 0.3 is 0 Å². The SMILES string of the molecule is [CH-]=O.[CH3-].[CH3-].[CH3-].[Mn]. The monoisotopic (exact) mass is 129 g/mol. The van der Waals surface area contributed by atoms with E-state index in [1.807, 2.05) is 0 Å². The maximum Gasteiger partial charge on any atom is 0 e. The van der Waals surface area contributed by atoms with Crippen LogP contribution in [0.15, 0.2) is 0 Å². The van der Waals surface area contributed by atoms with Gasteiger partial charge in [0.1, 0.15) is 0 Å². The van der Waals surface area contributed by atoms with Crippen molar-refractivity contribution in [2.45, 2.75) is 0 Å². The smallest absolute Gasteiger partial charge is 0 e. The Hall–Kier alpha value is 0.189. The van der Waals surface area contributed by atoms with Crippen molar-refractivity contribution in [1.29, 1.82) is 0 Å². The quantitative estimate of drug-likeness (QED) is 0.271. The molecule has 0 amide bonds. The van der Waals surface area contributed by atoms with Gasteiger partial charge in [-0.2, -0.15) is 0 Å². The zero-order valence-electron chi connectivity index (χ0n) is 4.36. The van der Waals surface area contributed by atoms with E-state index in [2.05, 4.69) is 6.79 Å². The van der Waals surface area contributed by atoms with Crippen LogP contribution in [0.5, 0.6) is 0 Å². The van der Waals surface area contributed by atoms with Gasteiger partial charge in [0.2, 0.25) is 0 Å². The summed E-state index contributed by atoms with van der Waals surface area (Å²) in [5, 5.41) is 0. The van der Waals surface area contributed by atoms with Gasteiger partial charge in [0.15, 0.2) is 0 Å². The van der Waals surface area contributed by atoms with E-state index in [4.69, 9.17) is 4.79 Å². The van der Waals surface area contributed by atoms with Gasteiger partial charge in [-0.05, 0) is 0 Å². The number of hydrogen-bond acceptors (Lipinski definition) is 1. The van der Waals surface area contributed by atoms with Crippen LogP contribution in [0.2, 0.25) is 0 Å². The van der Waals surface area contributed by atoms with E-state index < -0.39 is 0 Å². The molecular formula is C4H10MnO-4. The summed E-state index contributed by atoms with van der Waals surface area (Å²) in [4.78, 5) is 7.75. The minimum atomic E-state index is 0. The largest absolute Gasteiger partial charge is 0.545 e. The van der Waals surface area contributed by atoms with Gasteiger partial charge in [-0.1, -0.05) is 0 Å². The molecule has 0 atom stereocenters. The molecule has 0 aliphatic rings. The van der Waals surface area contributed by atoms with Crippen LogP contribution in [0, 0.1) is 22.3 Å². The third kappa shape index (κ3) is 1190. The molecule has 0 fully saturated rings. The topological polar surface area (TPSA) is 17.1 Å². The zero-order valence-corrected chi connectivity index (χ0v) is 5.54. The van der Waals surface area contributed by atoms with Gasteiger partial charge < -0.3 is 27.1 Å². The fourth-order valence-electron chi connectivity index (χ4n) is 0. The van der Waals surface area contributed by atoms with E-state index in [1.165, 1.54) is 0 Å². The van der Waals surface area contributed by atoms with E-state index in [9.17, 15) is 0 Å². The minimum Gasteiger partial charge on any atom is -0.545 e. The van der Waals surface area contributed by atoms with Crippen molar-refractivity contribution in [2.24, 2.45) is 0 Å². The molecule has 0 unspecified atom stereocenters. The van der Waals surface area contributed by atoms with Gasteiger partial charge in [0.05, 0.1) is 0 Å². The Bertz CT molecular complexity index is 7.51. The standard InChI is InChI=1S/CHO.3CH3.Mn/c1-2;;;;/h1H;3*1H3;/q4*-1;. The Morgan fingerprint density at radius 3 is 0.833 bits per heavy atom. The third-order valence-corrected chi connectivity index (χ3v) is 0. The van der Waals surface area contributed by atoms with Crippen LogP contribution < -0.4 is 0 Å². The second-order valence-electron chi connectivity index (χ2n) is 0. The van der Waals surface area contributed by atoms with E-state index in [-0.39, 0.29) is 39.3 Å². The fraction of sp³-hybridized carbons (Fsp3) is 0. The van der Waals surface area contributed by atoms with Gasteiger partial charge in [-0.25, -0.2) is 0 Å².